The maximum atomic E-state index is 12.5. The topological polar surface area (TPSA) is 82.1 Å². The second kappa shape index (κ2) is 8.86. The van der Waals surface area contributed by atoms with Gasteiger partial charge in [-0.05, 0) is 54.0 Å². The summed E-state index contributed by atoms with van der Waals surface area (Å²) >= 11 is 0. The molecule has 1 spiro atoms. The fraction of sp³-hybridized carbons (Fsp3) is 0.375. The van der Waals surface area contributed by atoms with Crippen LogP contribution in [0.5, 0.6) is 5.75 Å². The average Bonchev–Trinajstić information content (AvgIpc) is 2.77. The molecule has 1 aliphatic heterocycles. The minimum absolute atomic E-state index is 0.239. The molecule has 1 amide bonds. The van der Waals surface area contributed by atoms with Crippen LogP contribution in [0.3, 0.4) is 0 Å². The lowest BCUT2D eigenvalue weighted by atomic mass is 9.69. The first-order chi connectivity index (χ1) is 15.3. The van der Waals surface area contributed by atoms with E-state index in [0.29, 0.717) is 37.4 Å². The van der Waals surface area contributed by atoms with Crippen LogP contribution in [0.15, 0.2) is 54.6 Å². The van der Waals surface area contributed by atoms with Gasteiger partial charge in [0.2, 0.25) is 0 Å². The highest BCUT2D eigenvalue weighted by atomic mass is 32.2. The third-order valence-electron chi connectivity index (χ3n) is 6.03. The Kier molecular flexibility index (Phi) is 6.15. The van der Waals surface area contributed by atoms with Gasteiger partial charge in [-0.2, -0.15) is 8.42 Å². The van der Waals surface area contributed by atoms with Crippen molar-refractivity contribution in [1.29, 1.82) is 0 Å². The van der Waals surface area contributed by atoms with E-state index in [1.165, 1.54) is 0 Å². The standard InChI is InChI=1S/C24H27NO6S/c1-29-20-9-8-19-15-24(16-22(21(19)14-20)31-32(2,27)28)10-12-25(13-11-24)23(26)30-17-18-6-4-3-5-7-18/h3-9,14,16H,10-13,15,17H2,1-2H3. The summed E-state index contributed by atoms with van der Waals surface area (Å²) in [6.07, 6.45) is 4.75. The molecule has 7 nitrogen and oxygen atoms in total. The molecule has 0 bridgehead atoms. The number of benzene rings is 2. The van der Waals surface area contributed by atoms with Crippen molar-refractivity contribution in [2.45, 2.75) is 25.9 Å². The zero-order chi connectivity index (χ0) is 22.8. The third-order valence-corrected chi connectivity index (χ3v) is 6.51. The van der Waals surface area contributed by atoms with Crippen LogP contribution in [0.1, 0.15) is 29.5 Å². The van der Waals surface area contributed by atoms with E-state index in [0.717, 1.165) is 29.4 Å². The second-order valence-corrected chi connectivity index (χ2v) is 9.96. The van der Waals surface area contributed by atoms with E-state index >= 15 is 0 Å². The summed E-state index contributed by atoms with van der Waals surface area (Å²) in [6, 6.07) is 15.2. The third kappa shape index (κ3) is 5.07. The van der Waals surface area contributed by atoms with Crippen LogP contribution in [0, 0.1) is 5.41 Å². The Labute approximate surface area is 188 Å². The van der Waals surface area contributed by atoms with Gasteiger partial charge in [0, 0.05) is 18.7 Å². The summed E-state index contributed by atoms with van der Waals surface area (Å²) in [4.78, 5) is 14.2. The van der Waals surface area contributed by atoms with Crippen LogP contribution in [0.4, 0.5) is 4.79 Å². The zero-order valence-corrected chi connectivity index (χ0v) is 19.1. The summed E-state index contributed by atoms with van der Waals surface area (Å²) in [7, 11) is -2.12. The molecule has 2 aromatic rings. The monoisotopic (exact) mass is 457 g/mol. The Morgan fingerprint density at radius 3 is 2.47 bits per heavy atom. The van der Waals surface area contributed by atoms with Gasteiger partial charge >= 0.3 is 16.2 Å². The van der Waals surface area contributed by atoms with Gasteiger partial charge in [0.1, 0.15) is 18.1 Å². The normalized spacial score (nSPS) is 17.3. The number of hydrogen-bond donors (Lipinski definition) is 0. The Balaban J connectivity index is 1.48. The first-order valence-electron chi connectivity index (χ1n) is 10.5. The fourth-order valence-corrected chi connectivity index (χ4v) is 4.81. The van der Waals surface area contributed by atoms with E-state index < -0.39 is 10.1 Å². The van der Waals surface area contributed by atoms with Crippen molar-refractivity contribution in [3.05, 3.63) is 71.3 Å². The largest absolute Gasteiger partial charge is 0.497 e. The van der Waals surface area contributed by atoms with Crippen LogP contribution in [-0.2, 0) is 32.1 Å². The lowest BCUT2D eigenvalue weighted by Crippen LogP contribution is -2.44. The van der Waals surface area contributed by atoms with Gasteiger partial charge in [0.15, 0.2) is 0 Å². The number of rotatable bonds is 5. The molecule has 0 radical (unpaired) electrons. The molecular formula is C24H27NO6S. The van der Waals surface area contributed by atoms with Crippen molar-refractivity contribution < 1.29 is 26.9 Å². The Hall–Kier alpha value is -3.00. The van der Waals surface area contributed by atoms with E-state index in [-0.39, 0.29) is 18.1 Å². The van der Waals surface area contributed by atoms with Crippen molar-refractivity contribution in [1.82, 2.24) is 4.90 Å². The van der Waals surface area contributed by atoms with Gasteiger partial charge in [0.25, 0.3) is 0 Å². The van der Waals surface area contributed by atoms with Crippen LogP contribution in [0.2, 0.25) is 0 Å². The van der Waals surface area contributed by atoms with Crippen LogP contribution >= 0.6 is 0 Å². The highest BCUT2D eigenvalue weighted by molar-refractivity contribution is 7.86. The first-order valence-corrected chi connectivity index (χ1v) is 12.3. The SMILES string of the molecule is COc1ccc2c(c1)C(OS(C)(=O)=O)=CC1(CCN(C(=O)OCc3ccccc3)CC1)C2. The summed E-state index contributed by atoms with van der Waals surface area (Å²) in [5, 5.41) is 0. The number of carbonyl (C=O) groups is 1. The molecule has 32 heavy (non-hydrogen) atoms. The van der Waals surface area contributed by atoms with Gasteiger partial charge in [0.05, 0.1) is 13.4 Å². The summed E-state index contributed by atoms with van der Waals surface area (Å²) in [6.45, 7) is 1.30. The number of fused-ring (bicyclic) bond motifs is 1. The molecule has 2 aromatic carbocycles. The molecule has 1 fully saturated rings. The predicted octanol–water partition coefficient (Wildman–Crippen LogP) is 3.99. The summed E-state index contributed by atoms with van der Waals surface area (Å²) < 4.78 is 39.9. The molecule has 4 rings (SSSR count). The quantitative estimate of drug-likeness (QED) is 0.632. The molecule has 8 heteroatoms. The fourth-order valence-electron chi connectivity index (χ4n) is 4.35. The number of nitrogens with zero attached hydrogens (tertiary/aromatic N) is 1. The van der Waals surface area contributed by atoms with Crippen LogP contribution in [-0.4, -0.2) is 45.9 Å². The number of methoxy groups -OCH3 is 1. The van der Waals surface area contributed by atoms with Crippen molar-refractivity contribution in [2.75, 3.05) is 26.5 Å². The smallest absolute Gasteiger partial charge is 0.410 e. The molecule has 0 unspecified atom stereocenters. The minimum atomic E-state index is -3.69. The first kappa shape index (κ1) is 22.2. The molecule has 1 heterocycles. The molecule has 0 N–H and O–H groups in total. The number of piperidine rings is 1. The zero-order valence-electron chi connectivity index (χ0n) is 18.2. The average molecular weight is 458 g/mol. The van der Waals surface area contributed by atoms with E-state index in [2.05, 4.69) is 0 Å². The maximum absolute atomic E-state index is 12.5. The molecule has 0 aromatic heterocycles. The van der Waals surface area contributed by atoms with Gasteiger partial charge in [-0.1, -0.05) is 36.4 Å². The molecular weight excluding hydrogens is 430 g/mol. The number of amides is 1. The molecule has 2 aliphatic rings. The minimum Gasteiger partial charge on any atom is -0.497 e. The van der Waals surface area contributed by atoms with Gasteiger partial charge in [-0.3, -0.25) is 0 Å². The molecule has 0 atom stereocenters. The number of ether oxygens (including phenoxy) is 2. The Morgan fingerprint density at radius 1 is 1.09 bits per heavy atom. The van der Waals surface area contributed by atoms with Crippen molar-refractivity contribution in [3.8, 4) is 5.75 Å². The summed E-state index contributed by atoms with van der Waals surface area (Å²) in [5.41, 5.74) is 2.40. The molecule has 170 valence electrons. The van der Waals surface area contributed by atoms with Gasteiger partial charge < -0.3 is 18.6 Å². The van der Waals surface area contributed by atoms with Crippen molar-refractivity contribution in [3.63, 3.8) is 0 Å². The molecule has 0 saturated carbocycles. The highest BCUT2D eigenvalue weighted by Crippen LogP contribution is 2.45. The maximum Gasteiger partial charge on any atom is 0.410 e. The second-order valence-electron chi connectivity index (χ2n) is 8.39. The van der Waals surface area contributed by atoms with Crippen LogP contribution < -0.4 is 4.74 Å². The highest BCUT2D eigenvalue weighted by Gasteiger charge is 2.39. The lowest BCUT2D eigenvalue weighted by molar-refractivity contribution is 0.0719. The van der Waals surface area contributed by atoms with Crippen molar-refractivity contribution in [2.24, 2.45) is 5.41 Å². The van der Waals surface area contributed by atoms with Crippen molar-refractivity contribution >= 4 is 22.0 Å². The Morgan fingerprint density at radius 2 is 1.81 bits per heavy atom. The van der Waals surface area contributed by atoms with E-state index in [4.69, 9.17) is 13.7 Å². The van der Waals surface area contributed by atoms with E-state index in [9.17, 15) is 13.2 Å². The van der Waals surface area contributed by atoms with Crippen LogP contribution in [0.25, 0.3) is 5.76 Å². The lowest BCUT2D eigenvalue weighted by Gasteiger charge is -2.42. The van der Waals surface area contributed by atoms with E-state index in [1.54, 1.807) is 18.1 Å². The Bertz CT molecular complexity index is 1120. The summed E-state index contributed by atoms with van der Waals surface area (Å²) in [5.74, 6) is 0.964. The number of hydrogen-bond acceptors (Lipinski definition) is 6. The number of carbonyl (C=O) groups excluding carboxylic acids is 1. The predicted molar refractivity (Wildman–Crippen MR) is 120 cm³/mol. The molecule has 1 saturated heterocycles. The molecule has 1 aliphatic carbocycles. The van der Waals surface area contributed by atoms with Gasteiger partial charge in [-0.25, -0.2) is 4.79 Å². The van der Waals surface area contributed by atoms with E-state index in [1.807, 2.05) is 48.5 Å². The number of allylic oxidation sites excluding steroid dienone is 1. The number of likely N-dealkylation sites (tertiary alicyclic amines) is 1. The van der Waals surface area contributed by atoms with Gasteiger partial charge in [-0.15, -0.1) is 0 Å².